The monoisotopic (exact) mass is 316 g/mol. The SMILES string of the molecule is O=C(NCc1csc(=O)[nH]1)C1CCC(c2ccccc2)CC1. The van der Waals surface area contributed by atoms with Gasteiger partial charge in [-0.25, -0.2) is 0 Å². The molecule has 0 saturated heterocycles. The predicted molar refractivity (Wildman–Crippen MR) is 87.9 cm³/mol. The summed E-state index contributed by atoms with van der Waals surface area (Å²) in [7, 11) is 0. The minimum Gasteiger partial charge on any atom is -0.350 e. The van der Waals surface area contributed by atoms with Crippen LogP contribution in [0, 0.1) is 5.92 Å². The topological polar surface area (TPSA) is 62.0 Å². The summed E-state index contributed by atoms with van der Waals surface area (Å²) >= 11 is 1.13. The van der Waals surface area contributed by atoms with Crippen LogP contribution in [0.5, 0.6) is 0 Å². The van der Waals surface area contributed by atoms with E-state index in [2.05, 4.69) is 34.6 Å². The molecule has 0 bridgehead atoms. The van der Waals surface area contributed by atoms with E-state index >= 15 is 0 Å². The maximum absolute atomic E-state index is 12.2. The van der Waals surface area contributed by atoms with E-state index in [0.29, 0.717) is 12.5 Å². The van der Waals surface area contributed by atoms with Gasteiger partial charge in [0.25, 0.3) is 0 Å². The molecule has 4 nitrogen and oxygen atoms in total. The van der Waals surface area contributed by atoms with Gasteiger partial charge in [-0.05, 0) is 37.2 Å². The molecule has 116 valence electrons. The first-order valence-electron chi connectivity index (χ1n) is 7.71. The molecule has 1 aromatic heterocycles. The molecule has 0 unspecified atom stereocenters. The maximum atomic E-state index is 12.2. The lowest BCUT2D eigenvalue weighted by molar-refractivity contribution is -0.126. The molecule has 0 radical (unpaired) electrons. The molecule has 2 N–H and O–H groups in total. The summed E-state index contributed by atoms with van der Waals surface area (Å²) in [4.78, 5) is 25.9. The van der Waals surface area contributed by atoms with E-state index in [4.69, 9.17) is 0 Å². The number of benzene rings is 1. The Labute approximate surface area is 133 Å². The van der Waals surface area contributed by atoms with Crippen LogP contribution in [0.25, 0.3) is 0 Å². The van der Waals surface area contributed by atoms with E-state index in [9.17, 15) is 9.59 Å². The summed E-state index contributed by atoms with van der Waals surface area (Å²) in [5, 5.41) is 4.69. The molecule has 1 saturated carbocycles. The lowest BCUT2D eigenvalue weighted by atomic mass is 9.78. The van der Waals surface area contributed by atoms with Crippen molar-refractivity contribution in [3.8, 4) is 0 Å². The van der Waals surface area contributed by atoms with Gasteiger partial charge >= 0.3 is 4.87 Å². The number of rotatable bonds is 4. The summed E-state index contributed by atoms with van der Waals surface area (Å²) in [6.45, 7) is 0.413. The number of thiazole rings is 1. The van der Waals surface area contributed by atoms with Crippen molar-refractivity contribution in [3.05, 3.63) is 56.6 Å². The van der Waals surface area contributed by atoms with E-state index < -0.39 is 0 Å². The second-order valence-corrected chi connectivity index (χ2v) is 6.69. The molecule has 1 aliphatic rings. The highest BCUT2D eigenvalue weighted by molar-refractivity contribution is 7.07. The van der Waals surface area contributed by atoms with E-state index in [1.165, 1.54) is 5.56 Å². The van der Waals surface area contributed by atoms with Gasteiger partial charge in [-0.3, -0.25) is 9.59 Å². The first-order chi connectivity index (χ1) is 10.7. The van der Waals surface area contributed by atoms with Crippen molar-refractivity contribution in [2.45, 2.75) is 38.1 Å². The highest BCUT2D eigenvalue weighted by Gasteiger charge is 2.26. The van der Waals surface area contributed by atoms with E-state index in [-0.39, 0.29) is 16.7 Å². The van der Waals surface area contributed by atoms with Gasteiger partial charge in [0.1, 0.15) is 0 Å². The number of H-pyrrole nitrogens is 1. The summed E-state index contributed by atoms with van der Waals surface area (Å²) in [6, 6.07) is 10.6. The Morgan fingerprint density at radius 2 is 1.91 bits per heavy atom. The number of aromatic nitrogens is 1. The fraction of sp³-hybridized carbons (Fsp3) is 0.412. The van der Waals surface area contributed by atoms with Crippen molar-refractivity contribution in [3.63, 3.8) is 0 Å². The molecule has 1 aromatic carbocycles. The Balaban J connectivity index is 1.48. The zero-order valence-corrected chi connectivity index (χ0v) is 13.2. The number of aromatic amines is 1. The summed E-state index contributed by atoms with van der Waals surface area (Å²) < 4.78 is 0. The lowest BCUT2D eigenvalue weighted by Crippen LogP contribution is -2.32. The van der Waals surface area contributed by atoms with Crippen LogP contribution in [0.1, 0.15) is 42.9 Å². The van der Waals surface area contributed by atoms with Gasteiger partial charge in [-0.1, -0.05) is 41.7 Å². The average Bonchev–Trinajstić information content (AvgIpc) is 2.99. The predicted octanol–water partition coefficient (Wildman–Crippen LogP) is 3.03. The smallest absolute Gasteiger partial charge is 0.304 e. The molecule has 1 fully saturated rings. The Morgan fingerprint density at radius 3 is 2.55 bits per heavy atom. The van der Waals surface area contributed by atoms with Gasteiger partial charge in [0.05, 0.1) is 6.54 Å². The van der Waals surface area contributed by atoms with Crippen molar-refractivity contribution in [1.82, 2.24) is 10.3 Å². The number of amides is 1. The quantitative estimate of drug-likeness (QED) is 0.911. The molecule has 0 aliphatic heterocycles. The highest BCUT2D eigenvalue weighted by Crippen LogP contribution is 2.35. The normalized spacial score (nSPS) is 21.5. The molecule has 0 spiro atoms. The lowest BCUT2D eigenvalue weighted by Gasteiger charge is -2.28. The third-order valence-electron chi connectivity index (χ3n) is 4.39. The second kappa shape index (κ2) is 6.92. The zero-order valence-electron chi connectivity index (χ0n) is 12.4. The fourth-order valence-corrected chi connectivity index (χ4v) is 3.72. The van der Waals surface area contributed by atoms with E-state index in [1.807, 2.05) is 6.07 Å². The third kappa shape index (κ3) is 3.65. The average molecular weight is 316 g/mol. The number of hydrogen-bond donors (Lipinski definition) is 2. The van der Waals surface area contributed by atoms with Crippen LogP contribution in [0.3, 0.4) is 0 Å². The van der Waals surface area contributed by atoms with Gasteiger partial charge in [-0.15, -0.1) is 0 Å². The summed E-state index contributed by atoms with van der Waals surface area (Å²) in [5.41, 5.74) is 2.17. The summed E-state index contributed by atoms with van der Waals surface area (Å²) in [5.74, 6) is 0.794. The van der Waals surface area contributed by atoms with E-state index in [0.717, 1.165) is 42.7 Å². The van der Waals surface area contributed by atoms with Crippen LogP contribution in [-0.2, 0) is 11.3 Å². The molecule has 22 heavy (non-hydrogen) atoms. The molecular weight excluding hydrogens is 296 g/mol. The molecule has 5 heteroatoms. The molecule has 1 aliphatic carbocycles. The van der Waals surface area contributed by atoms with E-state index in [1.54, 1.807) is 5.38 Å². The number of nitrogens with one attached hydrogen (secondary N) is 2. The van der Waals surface area contributed by atoms with Crippen LogP contribution in [0.2, 0.25) is 0 Å². The Bertz CT molecular complexity index is 669. The summed E-state index contributed by atoms with van der Waals surface area (Å²) in [6.07, 6.45) is 4.01. The zero-order chi connectivity index (χ0) is 15.4. The van der Waals surface area contributed by atoms with Crippen molar-refractivity contribution in [2.24, 2.45) is 5.92 Å². The van der Waals surface area contributed by atoms with Crippen LogP contribution in [-0.4, -0.2) is 10.9 Å². The van der Waals surface area contributed by atoms with Crippen molar-refractivity contribution < 1.29 is 4.79 Å². The second-order valence-electron chi connectivity index (χ2n) is 5.85. The van der Waals surface area contributed by atoms with Gasteiger partial charge in [0.2, 0.25) is 5.91 Å². The number of carbonyl (C=O) groups is 1. The standard InChI is InChI=1S/C17H20N2O2S/c20-16(18-10-15-11-22-17(21)19-15)14-8-6-13(7-9-14)12-4-2-1-3-5-12/h1-5,11,13-14H,6-10H2,(H,18,20)(H,19,21). The number of carbonyl (C=O) groups excluding carboxylic acids is 1. The molecule has 1 heterocycles. The maximum Gasteiger partial charge on any atom is 0.304 e. The molecule has 3 rings (SSSR count). The van der Waals surface area contributed by atoms with Gasteiger partial charge in [0, 0.05) is 17.0 Å². The molecule has 0 atom stereocenters. The Kier molecular flexibility index (Phi) is 4.73. The Hall–Kier alpha value is -1.88. The molecule has 2 aromatic rings. The first kappa shape index (κ1) is 15.0. The minimum absolute atomic E-state index is 0.0763. The van der Waals surface area contributed by atoms with Crippen molar-refractivity contribution in [2.75, 3.05) is 0 Å². The first-order valence-corrected chi connectivity index (χ1v) is 8.59. The number of hydrogen-bond acceptors (Lipinski definition) is 3. The van der Waals surface area contributed by atoms with Crippen LogP contribution in [0.15, 0.2) is 40.5 Å². The largest absolute Gasteiger partial charge is 0.350 e. The van der Waals surface area contributed by atoms with Crippen LogP contribution in [0.4, 0.5) is 0 Å². The fourth-order valence-electron chi connectivity index (χ4n) is 3.14. The Morgan fingerprint density at radius 1 is 1.18 bits per heavy atom. The third-order valence-corrected chi connectivity index (χ3v) is 5.11. The molecule has 1 amide bonds. The van der Waals surface area contributed by atoms with Gasteiger partial charge < -0.3 is 10.3 Å². The highest BCUT2D eigenvalue weighted by atomic mass is 32.1. The van der Waals surface area contributed by atoms with Crippen LogP contribution < -0.4 is 10.2 Å². The minimum atomic E-state index is -0.0763. The van der Waals surface area contributed by atoms with Gasteiger partial charge in [-0.2, -0.15) is 0 Å². The van der Waals surface area contributed by atoms with Gasteiger partial charge in [0.15, 0.2) is 0 Å². The van der Waals surface area contributed by atoms with Crippen molar-refractivity contribution in [1.29, 1.82) is 0 Å². The van der Waals surface area contributed by atoms with Crippen LogP contribution >= 0.6 is 11.3 Å². The van der Waals surface area contributed by atoms with Crippen molar-refractivity contribution >= 4 is 17.2 Å². The molecular formula is C17H20N2O2S.